The van der Waals surface area contributed by atoms with E-state index >= 15 is 0 Å². The van der Waals surface area contributed by atoms with Crippen LogP contribution in [-0.4, -0.2) is 50.3 Å². The molecule has 0 unspecified atom stereocenters. The third-order valence-corrected chi connectivity index (χ3v) is 6.72. The molecule has 2 atom stereocenters. The molecule has 1 aliphatic carbocycles. The molecule has 0 saturated carbocycles. The Morgan fingerprint density at radius 2 is 1.94 bits per heavy atom. The number of fused-ring (bicyclic) bond motifs is 3. The highest BCUT2D eigenvalue weighted by molar-refractivity contribution is 6.32. The van der Waals surface area contributed by atoms with E-state index in [0.29, 0.717) is 29.2 Å². The quantitative estimate of drug-likeness (QED) is 0.394. The van der Waals surface area contributed by atoms with Crippen molar-refractivity contribution in [1.29, 1.82) is 0 Å². The van der Waals surface area contributed by atoms with E-state index in [1.54, 1.807) is 30.2 Å². The van der Waals surface area contributed by atoms with E-state index in [2.05, 4.69) is 35.7 Å². The van der Waals surface area contributed by atoms with Gasteiger partial charge in [-0.25, -0.2) is 14.5 Å². The van der Waals surface area contributed by atoms with Gasteiger partial charge in [0.1, 0.15) is 0 Å². The van der Waals surface area contributed by atoms with Crippen LogP contribution in [0.3, 0.4) is 0 Å². The van der Waals surface area contributed by atoms with Gasteiger partial charge in [-0.2, -0.15) is 24.1 Å². The van der Waals surface area contributed by atoms with E-state index < -0.39 is 23.1 Å². The predicted octanol–water partition coefficient (Wildman–Crippen LogP) is 2.80. The number of pyridine rings is 1. The Bertz CT molecular complexity index is 1650. The highest BCUT2D eigenvalue weighted by atomic mass is 35.5. The lowest BCUT2D eigenvalue weighted by molar-refractivity contribution is -0.117. The highest BCUT2D eigenvalue weighted by Gasteiger charge is 2.48. The van der Waals surface area contributed by atoms with E-state index in [1.807, 2.05) is 6.92 Å². The van der Waals surface area contributed by atoms with Crippen LogP contribution >= 0.6 is 11.6 Å². The lowest BCUT2D eigenvalue weighted by atomic mass is 9.80. The molecule has 5 aromatic rings. The fourth-order valence-corrected chi connectivity index (χ4v) is 5.01. The predicted molar refractivity (Wildman–Crippen MR) is 123 cm³/mol. The van der Waals surface area contributed by atoms with E-state index in [1.165, 1.54) is 29.6 Å². The zero-order valence-corrected chi connectivity index (χ0v) is 19.6. The zero-order valence-electron chi connectivity index (χ0n) is 18.9. The molecule has 11 nitrogen and oxygen atoms in total. The number of amides is 1. The van der Waals surface area contributed by atoms with Gasteiger partial charge in [0.05, 0.1) is 47.1 Å². The van der Waals surface area contributed by atoms with Crippen LogP contribution in [0, 0.1) is 11.8 Å². The monoisotopic (exact) mass is 510 g/mol. The number of halogens is 3. The van der Waals surface area contributed by atoms with Crippen LogP contribution in [0.25, 0.3) is 11.5 Å². The van der Waals surface area contributed by atoms with Gasteiger partial charge in [-0.15, -0.1) is 9.90 Å². The minimum absolute atomic E-state index is 0.238. The summed E-state index contributed by atoms with van der Waals surface area (Å²) in [6.45, 7) is 1.89. The first kappa shape index (κ1) is 22.2. The molecular formula is C22H17ClF2N10O. The highest BCUT2D eigenvalue weighted by Crippen LogP contribution is 2.50. The van der Waals surface area contributed by atoms with E-state index in [4.69, 9.17) is 11.6 Å². The lowest BCUT2D eigenvalue weighted by Crippen LogP contribution is -2.25. The van der Waals surface area contributed by atoms with Crippen LogP contribution in [0.4, 0.5) is 14.5 Å². The van der Waals surface area contributed by atoms with Crippen molar-refractivity contribution in [3.8, 4) is 5.82 Å². The number of nitrogens with zero attached hydrogens (tertiary/aromatic N) is 9. The van der Waals surface area contributed by atoms with Crippen LogP contribution < -0.4 is 5.32 Å². The normalized spacial score (nSPS) is 19.1. The second kappa shape index (κ2) is 7.88. The zero-order chi connectivity index (χ0) is 25.2. The molecule has 36 heavy (non-hydrogen) atoms. The summed E-state index contributed by atoms with van der Waals surface area (Å²) in [4.78, 5) is 23.1. The number of rotatable bonds is 4. The second-order valence-electron chi connectivity index (χ2n) is 8.73. The van der Waals surface area contributed by atoms with Crippen molar-refractivity contribution in [2.75, 3.05) is 5.32 Å². The number of aryl methyl sites for hydroxylation is 1. The molecule has 0 fully saturated rings. The van der Waals surface area contributed by atoms with Crippen molar-refractivity contribution in [2.24, 2.45) is 7.05 Å². The molecule has 14 heteroatoms. The van der Waals surface area contributed by atoms with Crippen LogP contribution in [0.15, 0.2) is 43.2 Å². The van der Waals surface area contributed by atoms with Gasteiger partial charge < -0.3 is 5.32 Å². The Kier molecular flexibility index (Phi) is 4.86. The standard InChI is InChI=1S/C22H17ClF2N10O/c1-22(11-7-30-33(2)10-11)6-13(14-9-27-20-16(24)18(25)32-34(20)17(14)22)21(36)31-12-5-15(23)19(26-8-12)35-28-3-4-29-35/h3-5,7-10,13H,6H2,1-2H3,(H,31,36)/t13-,22+/m1/s1. The van der Waals surface area contributed by atoms with Crippen molar-refractivity contribution in [2.45, 2.75) is 24.7 Å². The van der Waals surface area contributed by atoms with Gasteiger partial charge >= 0.3 is 0 Å². The first-order chi connectivity index (χ1) is 17.3. The molecule has 0 aromatic carbocycles. The first-order valence-electron chi connectivity index (χ1n) is 10.8. The van der Waals surface area contributed by atoms with Crippen LogP contribution in [-0.2, 0) is 17.3 Å². The van der Waals surface area contributed by atoms with Gasteiger partial charge in [-0.3, -0.25) is 9.48 Å². The third-order valence-electron chi connectivity index (χ3n) is 6.44. The number of aromatic nitrogens is 9. The largest absolute Gasteiger partial charge is 0.324 e. The number of anilines is 1. The average molecular weight is 511 g/mol. The molecular weight excluding hydrogens is 494 g/mol. The fourth-order valence-electron chi connectivity index (χ4n) is 4.76. The topological polar surface area (TPSA) is 121 Å². The summed E-state index contributed by atoms with van der Waals surface area (Å²) in [7, 11) is 1.77. The van der Waals surface area contributed by atoms with Gasteiger partial charge in [0, 0.05) is 36.0 Å². The molecule has 5 aromatic heterocycles. The summed E-state index contributed by atoms with van der Waals surface area (Å²) in [5, 5.41) is 19.1. The first-order valence-corrected chi connectivity index (χ1v) is 11.2. The lowest BCUT2D eigenvalue weighted by Gasteiger charge is -2.24. The van der Waals surface area contributed by atoms with Gasteiger partial charge in [-0.1, -0.05) is 11.6 Å². The molecule has 0 bridgehead atoms. The van der Waals surface area contributed by atoms with E-state index in [9.17, 15) is 13.6 Å². The maximum Gasteiger partial charge on any atom is 0.271 e. The number of hydrogen-bond acceptors (Lipinski definition) is 7. The summed E-state index contributed by atoms with van der Waals surface area (Å²) in [6.07, 6.45) is 9.59. The van der Waals surface area contributed by atoms with Gasteiger partial charge in [-0.05, 0) is 19.4 Å². The van der Waals surface area contributed by atoms with E-state index in [0.717, 1.165) is 10.1 Å². The maximum absolute atomic E-state index is 14.4. The fraction of sp³-hybridized carbons (Fsp3) is 0.227. The van der Waals surface area contributed by atoms with Crippen LogP contribution in [0.1, 0.15) is 36.1 Å². The Hall–Kier alpha value is -4.26. The van der Waals surface area contributed by atoms with E-state index in [-0.39, 0.29) is 16.6 Å². The van der Waals surface area contributed by atoms with Crippen LogP contribution in [0.5, 0.6) is 0 Å². The smallest absolute Gasteiger partial charge is 0.271 e. The average Bonchev–Trinajstić information content (AvgIpc) is 3.63. The van der Waals surface area contributed by atoms with Gasteiger partial charge in [0.15, 0.2) is 11.5 Å². The number of hydrogen-bond donors (Lipinski definition) is 1. The minimum Gasteiger partial charge on any atom is -0.324 e. The molecule has 6 rings (SSSR count). The summed E-state index contributed by atoms with van der Waals surface area (Å²) < 4.78 is 31.2. The molecule has 5 heterocycles. The molecule has 0 spiro atoms. The Balaban J connectivity index is 1.40. The Morgan fingerprint density at radius 3 is 2.64 bits per heavy atom. The maximum atomic E-state index is 14.4. The summed E-state index contributed by atoms with van der Waals surface area (Å²) in [5.41, 5.74) is 1.03. The van der Waals surface area contributed by atoms with Crippen molar-refractivity contribution in [1.82, 2.24) is 44.4 Å². The molecule has 1 amide bonds. The van der Waals surface area contributed by atoms with Crippen molar-refractivity contribution in [3.05, 3.63) is 76.9 Å². The molecule has 0 aliphatic heterocycles. The SMILES string of the molecule is Cn1cc([C@]2(C)C[C@@H](C(=O)Nc3cnc(-n4nccn4)c(Cl)c3)c3cnc4c(F)c(F)nn4c32)cn1. The minimum atomic E-state index is -1.26. The van der Waals surface area contributed by atoms with Crippen molar-refractivity contribution < 1.29 is 13.6 Å². The molecule has 0 radical (unpaired) electrons. The molecule has 1 N–H and O–H groups in total. The van der Waals surface area contributed by atoms with Crippen LogP contribution in [0.2, 0.25) is 5.02 Å². The molecule has 0 saturated heterocycles. The second-order valence-corrected chi connectivity index (χ2v) is 9.14. The Labute approximate surface area is 206 Å². The van der Waals surface area contributed by atoms with Crippen molar-refractivity contribution >= 4 is 28.8 Å². The Morgan fingerprint density at radius 1 is 1.17 bits per heavy atom. The number of carbonyl (C=O) groups is 1. The summed E-state index contributed by atoms with van der Waals surface area (Å²) in [5.74, 6) is -3.16. The summed E-state index contributed by atoms with van der Waals surface area (Å²) in [6, 6.07) is 1.54. The molecule has 1 aliphatic rings. The number of carbonyl (C=O) groups excluding carboxylic acids is 1. The van der Waals surface area contributed by atoms with Gasteiger partial charge in [0.2, 0.25) is 11.7 Å². The third kappa shape index (κ3) is 3.26. The van der Waals surface area contributed by atoms with Gasteiger partial charge in [0.25, 0.3) is 5.95 Å². The summed E-state index contributed by atoms with van der Waals surface area (Å²) >= 11 is 6.34. The molecule has 182 valence electrons. The van der Waals surface area contributed by atoms with Crippen molar-refractivity contribution in [3.63, 3.8) is 0 Å². The number of nitrogens with one attached hydrogen (secondary N) is 1.